The number of nitrogens with one attached hydrogen (secondary N) is 1. The molecule has 1 atom stereocenters. The van der Waals surface area contributed by atoms with Gasteiger partial charge in [-0.1, -0.05) is 18.2 Å². The Hall–Kier alpha value is -3.92. The van der Waals surface area contributed by atoms with Crippen molar-refractivity contribution in [2.75, 3.05) is 12.4 Å². The standard InChI is InChI=1S/C27H26N4O4S/c1-27(2,29)25(32)16-6-4-9-19(12-16)36(34)20-10-11-21-23(14-20)30-15-22(26(28)33)24(21)31-17-7-5-8-18(13-17)35-3/h4-15H,29H2,1-3H3,(H2,28,33)(H,30,31). The molecule has 3 aromatic carbocycles. The fourth-order valence-corrected chi connectivity index (χ4v) is 4.83. The van der Waals surface area contributed by atoms with Crippen LogP contribution in [0.5, 0.6) is 5.75 Å². The van der Waals surface area contributed by atoms with Gasteiger partial charge in [-0.3, -0.25) is 14.6 Å². The van der Waals surface area contributed by atoms with E-state index in [0.717, 1.165) is 0 Å². The average molecular weight is 503 g/mol. The van der Waals surface area contributed by atoms with E-state index >= 15 is 0 Å². The van der Waals surface area contributed by atoms with Crippen molar-refractivity contribution in [3.63, 3.8) is 0 Å². The fourth-order valence-electron chi connectivity index (χ4n) is 3.72. The molecule has 1 aromatic heterocycles. The first-order valence-electron chi connectivity index (χ1n) is 11.1. The van der Waals surface area contributed by atoms with Crippen molar-refractivity contribution < 1.29 is 18.9 Å². The van der Waals surface area contributed by atoms with Gasteiger partial charge in [-0.15, -0.1) is 0 Å². The largest absolute Gasteiger partial charge is 0.606 e. The van der Waals surface area contributed by atoms with Crippen molar-refractivity contribution in [3.8, 4) is 5.75 Å². The molecule has 0 saturated carbocycles. The van der Waals surface area contributed by atoms with Crippen LogP contribution in [0.1, 0.15) is 34.6 Å². The number of Topliss-reactive ketones (excluding diaryl/α,β-unsaturated/α-hetero) is 1. The van der Waals surface area contributed by atoms with E-state index in [4.69, 9.17) is 16.2 Å². The molecule has 184 valence electrons. The lowest BCUT2D eigenvalue weighted by atomic mass is 9.95. The van der Waals surface area contributed by atoms with Crippen LogP contribution >= 0.6 is 0 Å². The Morgan fingerprint density at radius 2 is 1.75 bits per heavy atom. The summed E-state index contributed by atoms with van der Waals surface area (Å²) in [7, 11) is 1.57. The molecule has 0 aliphatic heterocycles. The molecule has 0 aliphatic carbocycles. The molecule has 0 fully saturated rings. The average Bonchev–Trinajstić information content (AvgIpc) is 2.87. The van der Waals surface area contributed by atoms with E-state index < -0.39 is 22.6 Å². The van der Waals surface area contributed by atoms with Crippen molar-refractivity contribution in [1.82, 2.24) is 4.98 Å². The minimum Gasteiger partial charge on any atom is -0.606 e. The van der Waals surface area contributed by atoms with Gasteiger partial charge in [0.2, 0.25) is 0 Å². The van der Waals surface area contributed by atoms with Crippen molar-refractivity contribution in [1.29, 1.82) is 0 Å². The predicted molar refractivity (Wildman–Crippen MR) is 140 cm³/mol. The summed E-state index contributed by atoms with van der Waals surface area (Å²) in [5, 5.41) is 3.87. The number of rotatable bonds is 8. The molecule has 0 spiro atoms. The Kier molecular flexibility index (Phi) is 6.98. The van der Waals surface area contributed by atoms with Gasteiger partial charge in [0.05, 0.1) is 29.4 Å². The van der Waals surface area contributed by atoms with Crippen molar-refractivity contribution in [2.45, 2.75) is 29.2 Å². The third kappa shape index (κ3) is 5.18. The topological polar surface area (TPSA) is 143 Å². The Balaban J connectivity index is 1.74. The van der Waals surface area contributed by atoms with Crippen LogP contribution in [0.15, 0.2) is 82.7 Å². The molecule has 4 rings (SSSR count). The summed E-state index contributed by atoms with van der Waals surface area (Å²) in [5.74, 6) is -0.226. The molecule has 0 radical (unpaired) electrons. The number of anilines is 2. The van der Waals surface area contributed by atoms with E-state index in [0.29, 0.717) is 43.4 Å². The Morgan fingerprint density at radius 3 is 2.44 bits per heavy atom. The van der Waals surface area contributed by atoms with Crippen LogP contribution in [0.3, 0.4) is 0 Å². The van der Waals surface area contributed by atoms with E-state index in [1.807, 2.05) is 18.2 Å². The van der Waals surface area contributed by atoms with Gasteiger partial charge in [-0.05, 0) is 44.2 Å². The quantitative estimate of drug-likeness (QED) is 0.242. The number of aromatic nitrogens is 1. The van der Waals surface area contributed by atoms with Crippen LogP contribution in [0.25, 0.3) is 10.9 Å². The third-order valence-corrected chi connectivity index (χ3v) is 6.92. The molecule has 1 heterocycles. The van der Waals surface area contributed by atoms with Gasteiger partial charge in [-0.25, -0.2) is 0 Å². The van der Waals surface area contributed by atoms with Crippen LogP contribution in [0, 0.1) is 0 Å². The normalized spacial score (nSPS) is 12.2. The van der Waals surface area contributed by atoms with E-state index in [1.54, 1.807) is 69.5 Å². The fraction of sp³-hybridized carbons (Fsp3) is 0.148. The number of methoxy groups -OCH3 is 1. The van der Waals surface area contributed by atoms with Crippen LogP contribution in [-0.4, -0.2) is 33.9 Å². The first-order chi connectivity index (χ1) is 17.1. The maximum absolute atomic E-state index is 13.4. The molecule has 0 saturated heterocycles. The summed E-state index contributed by atoms with van der Waals surface area (Å²) in [5.41, 5.74) is 12.8. The van der Waals surface area contributed by atoms with Gasteiger partial charge in [0.25, 0.3) is 5.91 Å². The summed E-state index contributed by atoms with van der Waals surface area (Å²) in [6.45, 7) is 3.26. The molecular weight excluding hydrogens is 476 g/mol. The minimum atomic E-state index is -1.58. The Labute approximate surface area is 211 Å². The number of nitrogens with zero attached hydrogens (tertiary/aromatic N) is 1. The summed E-state index contributed by atoms with van der Waals surface area (Å²) < 4.78 is 18.7. The highest BCUT2D eigenvalue weighted by atomic mass is 32.2. The summed E-state index contributed by atoms with van der Waals surface area (Å²) >= 11 is -1.58. The maximum atomic E-state index is 13.4. The number of hydrogen-bond donors (Lipinski definition) is 3. The second-order valence-electron chi connectivity index (χ2n) is 8.79. The van der Waals surface area contributed by atoms with Gasteiger partial charge in [0, 0.05) is 52.2 Å². The molecule has 0 aliphatic rings. The first kappa shape index (κ1) is 25.2. The number of nitrogens with two attached hydrogens (primary N) is 2. The minimum absolute atomic E-state index is 0.217. The zero-order valence-electron chi connectivity index (χ0n) is 20.1. The Bertz CT molecular complexity index is 1470. The van der Waals surface area contributed by atoms with E-state index in [1.165, 1.54) is 6.20 Å². The smallest absolute Gasteiger partial charge is 0.252 e. The van der Waals surface area contributed by atoms with Crippen molar-refractivity contribution in [3.05, 3.63) is 84.1 Å². The zero-order valence-corrected chi connectivity index (χ0v) is 20.9. The van der Waals surface area contributed by atoms with Gasteiger partial charge in [0.15, 0.2) is 15.6 Å². The second-order valence-corrected chi connectivity index (χ2v) is 10.3. The predicted octanol–water partition coefficient (Wildman–Crippen LogP) is 4.17. The molecule has 1 amide bonds. The molecule has 5 N–H and O–H groups in total. The number of pyridine rings is 1. The lowest BCUT2D eigenvalue weighted by Crippen LogP contribution is -2.41. The van der Waals surface area contributed by atoms with E-state index in [2.05, 4.69) is 10.3 Å². The van der Waals surface area contributed by atoms with Crippen LogP contribution < -0.4 is 21.5 Å². The molecule has 9 heteroatoms. The highest BCUT2D eigenvalue weighted by molar-refractivity contribution is 7.91. The van der Waals surface area contributed by atoms with E-state index in [9.17, 15) is 14.1 Å². The second kappa shape index (κ2) is 9.98. The number of primary amides is 1. The highest BCUT2D eigenvalue weighted by Gasteiger charge is 2.26. The van der Waals surface area contributed by atoms with Crippen molar-refractivity contribution >= 4 is 45.1 Å². The lowest BCUT2D eigenvalue weighted by Gasteiger charge is -2.18. The number of fused-ring (bicyclic) bond motifs is 1. The highest BCUT2D eigenvalue weighted by Crippen LogP contribution is 2.33. The van der Waals surface area contributed by atoms with Gasteiger partial charge in [0.1, 0.15) is 5.75 Å². The van der Waals surface area contributed by atoms with Gasteiger partial charge < -0.3 is 26.1 Å². The van der Waals surface area contributed by atoms with Crippen molar-refractivity contribution in [2.24, 2.45) is 11.5 Å². The monoisotopic (exact) mass is 502 g/mol. The number of hydrogen-bond acceptors (Lipinski definition) is 7. The Morgan fingerprint density at radius 1 is 1.03 bits per heavy atom. The number of carbonyl (C=O) groups is 2. The molecule has 1 unspecified atom stereocenters. The molecule has 8 nitrogen and oxygen atoms in total. The van der Waals surface area contributed by atoms with Gasteiger partial charge in [-0.2, -0.15) is 0 Å². The number of benzene rings is 3. The first-order valence-corrected chi connectivity index (χ1v) is 12.2. The van der Waals surface area contributed by atoms with Gasteiger partial charge >= 0.3 is 0 Å². The van der Waals surface area contributed by atoms with Crippen LogP contribution in [0.4, 0.5) is 11.4 Å². The molecule has 0 bridgehead atoms. The van der Waals surface area contributed by atoms with E-state index in [-0.39, 0.29) is 11.3 Å². The molecule has 36 heavy (non-hydrogen) atoms. The maximum Gasteiger partial charge on any atom is 0.252 e. The van der Waals surface area contributed by atoms with Crippen LogP contribution in [-0.2, 0) is 11.2 Å². The number of amides is 1. The molecular formula is C27H26N4O4S. The summed E-state index contributed by atoms with van der Waals surface area (Å²) in [6, 6.07) is 19.0. The van der Waals surface area contributed by atoms with Crippen LogP contribution in [0.2, 0.25) is 0 Å². The summed E-state index contributed by atoms with van der Waals surface area (Å²) in [6.07, 6.45) is 1.39. The summed E-state index contributed by atoms with van der Waals surface area (Å²) in [4.78, 5) is 30.0. The zero-order chi connectivity index (χ0) is 26.0. The third-order valence-electron chi connectivity index (χ3n) is 5.55. The molecule has 4 aromatic rings. The number of ketones is 1. The number of ether oxygens (including phenoxy) is 1. The lowest BCUT2D eigenvalue weighted by molar-refractivity contribution is 0.0912. The number of carbonyl (C=O) groups excluding carboxylic acids is 2. The SMILES string of the molecule is COc1cccc(Nc2c(C(N)=O)cnc3cc([S+]([O-])c4cccc(C(=O)C(C)(C)N)c4)ccc23)c1.